The molecule has 0 spiro atoms. The summed E-state index contributed by atoms with van der Waals surface area (Å²) in [4.78, 5) is 5.81. The summed E-state index contributed by atoms with van der Waals surface area (Å²) in [6.07, 6.45) is -0.628. The maximum atomic E-state index is 10.7. The van der Waals surface area contributed by atoms with E-state index in [0.29, 0.717) is 6.54 Å². The average molecular weight is 508 g/mol. The van der Waals surface area contributed by atoms with Crippen molar-refractivity contribution in [1.29, 1.82) is 0 Å². The Bertz CT molecular complexity index is 1420. The van der Waals surface area contributed by atoms with Gasteiger partial charge in [-0.15, -0.1) is 0 Å². The molecule has 0 radical (unpaired) electrons. The van der Waals surface area contributed by atoms with Gasteiger partial charge in [0, 0.05) is 41.0 Å². The predicted molar refractivity (Wildman–Crippen MR) is 157 cm³/mol. The molecule has 3 N–H and O–H groups in total. The molecular weight excluding hydrogens is 470 g/mol. The molecule has 1 heterocycles. The molecule has 1 atom stereocenters. The van der Waals surface area contributed by atoms with Crippen molar-refractivity contribution >= 4 is 21.8 Å². The first-order valence-corrected chi connectivity index (χ1v) is 13.3. The SMILES string of the molecule is CN(CC(C)(C)NCC(O)COc1ccc2c(c1)[nH]c1ccccc12)C(c1ccccc1)c1ccccc1. The minimum atomic E-state index is -0.628. The Morgan fingerprint density at radius 1 is 0.816 bits per heavy atom. The topological polar surface area (TPSA) is 60.5 Å². The predicted octanol–water partition coefficient (Wildman–Crippen LogP) is 6.15. The number of nitrogens with zero attached hydrogens (tertiary/aromatic N) is 1. The molecule has 0 bridgehead atoms. The molecule has 0 saturated heterocycles. The van der Waals surface area contributed by atoms with Crippen LogP contribution in [0.3, 0.4) is 0 Å². The zero-order valence-electron chi connectivity index (χ0n) is 22.4. The van der Waals surface area contributed by atoms with Crippen molar-refractivity contribution in [3.63, 3.8) is 0 Å². The van der Waals surface area contributed by atoms with Crippen LogP contribution >= 0.6 is 0 Å². The normalized spacial score (nSPS) is 13.0. The smallest absolute Gasteiger partial charge is 0.121 e. The number of aromatic nitrogens is 1. The number of rotatable bonds is 11. The van der Waals surface area contributed by atoms with Crippen molar-refractivity contribution in [2.45, 2.75) is 31.5 Å². The van der Waals surface area contributed by atoms with E-state index in [-0.39, 0.29) is 18.2 Å². The second kappa shape index (κ2) is 11.4. The number of nitrogens with one attached hydrogen (secondary N) is 2. The number of likely N-dealkylation sites (N-methyl/N-ethyl adjacent to an activating group) is 1. The van der Waals surface area contributed by atoms with Gasteiger partial charge in [0.2, 0.25) is 0 Å². The number of benzene rings is 4. The minimum absolute atomic E-state index is 0.145. The second-order valence-corrected chi connectivity index (χ2v) is 10.7. The number of fused-ring (bicyclic) bond motifs is 3. The summed E-state index contributed by atoms with van der Waals surface area (Å²) in [5.41, 5.74) is 4.44. The molecule has 1 aromatic heterocycles. The molecule has 0 amide bonds. The minimum Gasteiger partial charge on any atom is -0.491 e. The Hall–Kier alpha value is -3.64. The molecule has 0 aliphatic carbocycles. The first-order valence-electron chi connectivity index (χ1n) is 13.3. The number of aliphatic hydroxyl groups is 1. The number of H-pyrrole nitrogens is 1. The van der Waals surface area contributed by atoms with Gasteiger partial charge < -0.3 is 20.1 Å². The van der Waals surface area contributed by atoms with Crippen molar-refractivity contribution in [3.8, 4) is 5.75 Å². The van der Waals surface area contributed by atoms with Crippen molar-refractivity contribution in [1.82, 2.24) is 15.2 Å². The van der Waals surface area contributed by atoms with Crippen LogP contribution in [0.4, 0.5) is 0 Å². The lowest BCUT2D eigenvalue weighted by molar-refractivity contribution is 0.0936. The van der Waals surface area contributed by atoms with Crippen LogP contribution in [-0.4, -0.2) is 53.4 Å². The van der Waals surface area contributed by atoms with Crippen LogP contribution in [0, 0.1) is 0 Å². The highest BCUT2D eigenvalue weighted by atomic mass is 16.5. The molecule has 0 fully saturated rings. The fourth-order valence-corrected chi connectivity index (χ4v) is 5.31. The highest BCUT2D eigenvalue weighted by Crippen LogP contribution is 2.29. The van der Waals surface area contributed by atoms with Gasteiger partial charge in [0.1, 0.15) is 18.5 Å². The van der Waals surface area contributed by atoms with Crippen LogP contribution < -0.4 is 10.1 Å². The number of β-amino-alcohol motifs (C(OH)–C–C–N with tert-alkyl or cyclic N) is 1. The lowest BCUT2D eigenvalue weighted by Crippen LogP contribution is -2.51. The van der Waals surface area contributed by atoms with Gasteiger partial charge in [0.25, 0.3) is 0 Å². The molecule has 5 nitrogen and oxygen atoms in total. The van der Waals surface area contributed by atoms with Gasteiger partial charge in [-0.2, -0.15) is 0 Å². The summed E-state index contributed by atoms with van der Waals surface area (Å²) in [6, 6.07) is 35.7. The Balaban J connectivity index is 1.17. The number of para-hydroxylation sites is 1. The van der Waals surface area contributed by atoms with Crippen molar-refractivity contribution in [2.75, 3.05) is 26.7 Å². The van der Waals surface area contributed by atoms with E-state index in [1.165, 1.54) is 21.9 Å². The molecule has 0 aliphatic heterocycles. The van der Waals surface area contributed by atoms with E-state index in [1.54, 1.807) is 0 Å². The third-order valence-electron chi connectivity index (χ3n) is 7.05. The number of hydrogen-bond donors (Lipinski definition) is 3. The molecule has 4 aromatic carbocycles. The van der Waals surface area contributed by atoms with Crippen LogP contribution in [-0.2, 0) is 0 Å². The molecule has 5 heteroatoms. The number of aromatic amines is 1. The zero-order chi connectivity index (χ0) is 26.5. The quantitative estimate of drug-likeness (QED) is 0.201. The van der Waals surface area contributed by atoms with E-state index in [2.05, 4.69) is 115 Å². The van der Waals surface area contributed by atoms with Crippen molar-refractivity contribution in [2.24, 2.45) is 0 Å². The van der Waals surface area contributed by atoms with Gasteiger partial charge in [0.15, 0.2) is 0 Å². The van der Waals surface area contributed by atoms with E-state index in [9.17, 15) is 5.11 Å². The van der Waals surface area contributed by atoms with Crippen LogP contribution in [0.1, 0.15) is 31.0 Å². The molecule has 5 rings (SSSR count). The Morgan fingerprint density at radius 2 is 1.42 bits per heavy atom. The summed E-state index contributed by atoms with van der Waals surface area (Å²) >= 11 is 0. The molecule has 5 aromatic rings. The first-order chi connectivity index (χ1) is 18.4. The highest BCUT2D eigenvalue weighted by molar-refractivity contribution is 6.07. The van der Waals surface area contributed by atoms with Gasteiger partial charge in [0.05, 0.1) is 11.6 Å². The third kappa shape index (κ3) is 6.08. The first kappa shape index (κ1) is 26.0. The van der Waals surface area contributed by atoms with E-state index >= 15 is 0 Å². The molecule has 196 valence electrons. The van der Waals surface area contributed by atoms with Crippen LogP contribution in [0.5, 0.6) is 5.75 Å². The molecule has 0 aliphatic rings. The highest BCUT2D eigenvalue weighted by Gasteiger charge is 2.26. The maximum absolute atomic E-state index is 10.7. The lowest BCUT2D eigenvalue weighted by Gasteiger charge is -2.37. The van der Waals surface area contributed by atoms with E-state index in [4.69, 9.17) is 4.74 Å². The van der Waals surface area contributed by atoms with Crippen LogP contribution in [0.2, 0.25) is 0 Å². The number of ether oxygens (including phenoxy) is 1. The monoisotopic (exact) mass is 507 g/mol. The fourth-order valence-electron chi connectivity index (χ4n) is 5.31. The molecule has 38 heavy (non-hydrogen) atoms. The van der Waals surface area contributed by atoms with Crippen molar-refractivity contribution in [3.05, 3.63) is 114 Å². The standard InChI is InChI=1S/C33H37N3O2/c1-33(2,23-36(3)32(24-12-6-4-7-13-24)25-14-8-5-9-15-25)34-21-26(37)22-38-27-18-19-29-28-16-10-11-17-30(28)35-31(29)20-27/h4-20,26,32,34-35,37H,21-23H2,1-3H3. The molecular formula is C33H37N3O2. The van der Waals surface area contributed by atoms with E-state index in [1.807, 2.05) is 24.3 Å². The fraction of sp³-hybridized carbons (Fsp3) is 0.273. The van der Waals surface area contributed by atoms with Gasteiger partial charge >= 0.3 is 0 Å². The van der Waals surface area contributed by atoms with E-state index in [0.717, 1.165) is 23.3 Å². The summed E-state index contributed by atoms with van der Waals surface area (Å²) in [5, 5.41) is 16.6. The van der Waals surface area contributed by atoms with E-state index < -0.39 is 6.10 Å². The lowest BCUT2D eigenvalue weighted by atomic mass is 9.95. The summed E-state index contributed by atoms with van der Waals surface area (Å²) in [5.74, 6) is 0.746. The number of aliphatic hydroxyl groups excluding tert-OH is 1. The third-order valence-corrected chi connectivity index (χ3v) is 7.05. The summed E-state index contributed by atoms with van der Waals surface area (Å²) in [6.45, 7) is 5.81. The van der Waals surface area contributed by atoms with Gasteiger partial charge in [-0.25, -0.2) is 0 Å². The Morgan fingerprint density at radius 3 is 2.11 bits per heavy atom. The molecule has 0 saturated carbocycles. The van der Waals surface area contributed by atoms with Crippen molar-refractivity contribution < 1.29 is 9.84 Å². The Labute approximate surface area is 225 Å². The summed E-state index contributed by atoms with van der Waals surface area (Å²) in [7, 11) is 2.16. The van der Waals surface area contributed by atoms with Crippen LogP contribution in [0.15, 0.2) is 103 Å². The second-order valence-electron chi connectivity index (χ2n) is 10.7. The zero-order valence-corrected chi connectivity index (χ0v) is 22.4. The average Bonchev–Trinajstić information content (AvgIpc) is 3.30. The number of hydrogen-bond acceptors (Lipinski definition) is 4. The largest absolute Gasteiger partial charge is 0.491 e. The van der Waals surface area contributed by atoms with Gasteiger partial charge in [-0.05, 0) is 50.2 Å². The maximum Gasteiger partial charge on any atom is 0.121 e. The molecule has 1 unspecified atom stereocenters. The van der Waals surface area contributed by atoms with Gasteiger partial charge in [-0.3, -0.25) is 4.90 Å². The van der Waals surface area contributed by atoms with Crippen LogP contribution in [0.25, 0.3) is 21.8 Å². The summed E-state index contributed by atoms with van der Waals surface area (Å²) < 4.78 is 5.95. The van der Waals surface area contributed by atoms with Gasteiger partial charge in [-0.1, -0.05) is 78.9 Å². The Kier molecular flexibility index (Phi) is 7.79.